The fourth-order valence-electron chi connectivity index (χ4n) is 2.12. The van der Waals surface area contributed by atoms with Gasteiger partial charge in [0.1, 0.15) is 11.4 Å². The number of nitrogens with one attached hydrogen (secondary N) is 1. The van der Waals surface area contributed by atoms with Crippen LogP contribution >= 0.6 is 15.9 Å². The predicted molar refractivity (Wildman–Crippen MR) is 77.2 cm³/mol. The van der Waals surface area contributed by atoms with Crippen molar-refractivity contribution >= 4 is 32.6 Å². The molecule has 1 heterocycles. The second-order valence-electron chi connectivity index (χ2n) is 4.21. The number of primary amides is 1. The quantitative estimate of drug-likeness (QED) is 0.668. The highest BCUT2D eigenvalue weighted by Gasteiger charge is 2.20. The monoisotopic (exact) mass is 332 g/mol. The van der Waals surface area contributed by atoms with Gasteiger partial charge in [-0.3, -0.25) is 4.79 Å². The molecule has 0 atom stereocenters. The van der Waals surface area contributed by atoms with E-state index in [4.69, 9.17) is 5.73 Å². The molecule has 20 heavy (non-hydrogen) atoms. The summed E-state index contributed by atoms with van der Waals surface area (Å²) in [4.78, 5) is 11.4. The van der Waals surface area contributed by atoms with E-state index in [1.54, 1.807) is 12.1 Å². The van der Waals surface area contributed by atoms with E-state index in [1.165, 1.54) is 0 Å². The molecule has 0 aliphatic heterocycles. The summed E-state index contributed by atoms with van der Waals surface area (Å²) in [6, 6.07) is 8.90. The van der Waals surface area contributed by atoms with Crippen LogP contribution < -0.4 is 5.73 Å². The molecule has 0 spiro atoms. The van der Waals surface area contributed by atoms with E-state index < -0.39 is 5.91 Å². The van der Waals surface area contributed by atoms with Gasteiger partial charge in [0.05, 0.1) is 5.56 Å². The number of aromatic amines is 1. The van der Waals surface area contributed by atoms with Crippen molar-refractivity contribution < 1.29 is 9.90 Å². The van der Waals surface area contributed by atoms with E-state index in [1.807, 2.05) is 18.2 Å². The van der Waals surface area contributed by atoms with E-state index >= 15 is 0 Å². The Kier molecular flexibility index (Phi) is 2.90. The highest BCUT2D eigenvalue weighted by atomic mass is 79.9. The largest absolute Gasteiger partial charge is 0.507 e. The zero-order valence-electron chi connectivity index (χ0n) is 10.1. The van der Waals surface area contributed by atoms with Gasteiger partial charge in [0.25, 0.3) is 5.91 Å². The molecule has 0 radical (unpaired) electrons. The number of nitrogens with two attached hydrogens (primary N) is 1. The second kappa shape index (κ2) is 4.61. The molecule has 6 nitrogen and oxygen atoms in total. The van der Waals surface area contributed by atoms with E-state index in [-0.39, 0.29) is 17.1 Å². The van der Waals surface area contributed by atoms with Gasteiger partial charge in [0, 0.05) is 4.47 Å². The molecule has 7 heteroatoms. The number of carbonyl (C=O) groups excluding carboxylic acids is 1. The Hall–Kier alpha value is -2.41. The van der Waals surface area contributed by atoms with E-state index in [9.17, 15) is 9.90 Å². The molecular formula is C13H9BrN4O2. The van der Waals surface area contributed by atoms with Crippen molar-refractivity contribution in [2.45, 2.75) is 0 Å². The fourth-order valence-corrected chi connectivity index (χ4v) is 2.49. The number of hydrogen-bond donors (Lipinski definition) is 3. The third-order valence-corrected chi connectivity index (χ3v) is 3.47. The maximum Gasteiger partial charge on any atom is 0.271 e. The summed E-state index contributed by atoms with van der Waals surface area (Å²) >= 11 is 3.39. The Morgan fingerprint density at radius 3 is 2.80 bits per heavy atom. The van der Waals surface area contributed by atoms with Gasteiger partial charge in [-0.05, 0) is 29.0 Å². The van der Waals surface area contributed by atoms with Gasteiger partial charge >= 0.3 is 0 Å². The van der Waals surface area contributed by atoms with Crippen molar-refractivity contribution in [3.05, 3.63) is 40.5 Å². The SMILES string of the molecule is NC(=O)c1n[nH]nc1-c1c(O)ccc2cc(Br)ccc12. The number of amides is 1. The summed E-state index contributed by atoms with van der Waals surface area (Å²) in [6.07, 6.45) is 0. The highest BCUT2D eigenvalue weighted by molar-refractivity contribution is 9.10. The molecule has 3 aromatic rings. The fraction of sp³-hybridized carbons (Fsp3) is 0. The van der Waals surface area contributed by atoms with Crippen LogP contribution in [0, 0.1) is 0 Å². The van der Waals surface area contributed by atoms with Crippen LogP contribution in [0.25, 0.3) is 22.0 Å². The minimum Gasteiger partial charge on any atom is -0.507 e. The number of H-pyrrole nitrogens is 1. The van der Waals surface area contributed by atoms with Gasteiger partial charge in [-0.1, -0.05) is 28.1 Å². The van der Waals surface area contributed by atoms with E-state index in [2.05, 4.69) is 31.3 Å². The number of hydrogen-bond acceptors (Lipinski definition) is 4. The zero-order chi connectivity index (χ0) is 14.3. The Morgan fingerprint density at radius 2 is 2.05 bits per heavy atom. The van der Waals surface area contributed by atoms with Gasteiger partial charge in [-0.25, -0.2) is 0 Å². The van der Waals surface area contributed by atoms with Crippen LogP contribution in [0.2, 0.25) is 0 Å². The number of benzene rings is 2. The minimum absolute atomic E-state index is 0.00396. The molecule has 1 amide bonds. The van der Waals surface area contributed by atoms with Gasteiger partial charge in [0.2, 0.25) is 0 Å². The zero-order valence-corrected chi connectivity index (χ0v) is 11.7. The van der Waals surface area contributed by atoms with Crippen molar-refractivity contribution in [1.29, 1.82) is 0 Å². The molecule has 0 unspecified atom stereocenters. The molecule has 4 N–H and O–H groups in total. The van der Waals surface area contributed by atoms with Gasteiger partial charge in [-0.15, -0.1) is 0 Å². The molecule has 0 fully saturated rings. The smallest absolute Gasteiger partial charge is 0.271 e. The summed E-state index contributed by atoms with van der Waals surface area (Å²) in [5.74, 6) is -0.696. The third-order valence-electron chi connectivity index (χ3n) is 2.98. The maximum atomic E-state index is 11.4. The van der Waals surface area contributed by atoms with Gasteiger partial charge in [-0.2, -0.15) is 15.4 Å². The molecule has 2 aromatic carbocycles. The lowest BCUT2D eigenvalue weighted by atomic mass is 10.00. The number of aromatic nitrogens is 3. The Balaban J connectivity index is 2.38. The first kappa shape index (κ1) is 12.6. The van der Waals surface area contributed by atoms with E-state index in [0.29, 0.717) is 5.56 Å². The van der Waals surface area contributed by atoms with Crippen LogP contribution in [0.5, 0.6) is 5.75 Å². The molecule has 0 aliphatic rings. The summed E-state index contributed by atoms with van der Waals surface area (Å²) in [5, 5.41) is 21.8. The number of aromatic hydroxyl groups is 1. The third kappa shape index (κ3) is 1.92. The topological polar surface area (TPSA) is 105 Å². The average Bonchev–Trinajstić information content (AvgIpc) is 2.88. The van der Waals surface area contributed by atoms with Gasteiger partial charge in [0.15, 0.2) is 5.69 Å². The van der Waals surface area contributed by atoms with Crippen molar-refractivity contribution in [2.24, 2.45) is 5.73 Å². The first-order valence-corrected chi connectivity index (χ1v) is 6.49. The number of rotatable bonds is 2. The molecule has 0 bridgehead atoms. The molecule has 0 aliphatic carbocycles. The van der Waals surface area contributed by atoms with Crippen molar-refractivity contribution in [3.8, 4) is 17.0 Å². The van der Waals surface area contributed by atoms with Crippen LogP contribution in [0.4, 0.5) is 0 Å². The Morgan fingerprint density at radius 1 is 1.25 bits per heavy atom. The molecule has 3 rings (SSSR count). The minimum atomic E-state index is -0.706. The lowest BCUT2D eigenvalue weighted by Gasteiger charge is -2.08. The maximum absolute atomic E-state index is 11.4. The standard InChI is InChI=1S/C13H9BrN4O2/c14-7-2-3-8-6(5-7)1-4-9(19)10(8)11-12(13(15)20)17-18-16-11/h1-5,19H,(H2,15,20)(H,16,17,18). The summed E-state index contributed by atoms with van der Waals surface area (Å²) in [6.45, 7) is 0. The average molecular weight is 333 g/mol. The molecule has 100 valence electrons. The first-order chi connectivity index (χ1) is 9.58. The molecular weight excluding hydrogens is 324 g/mol. The van der Waals surface area contributed by atoms with Crippen LogP contribution in [-0.4, -0.2) is 26.4 Å². The Bertz CT molecular complexity index is 828. The molecule has 1 aromatic heterocycles. The number of carbonyl (C=O) groups is 1. The van der Waals surface area contributed by atoms with E-state index in [0.717, 1.165) is 15.2 Å². The summed E-state index contributed by atoms with van der Waals surface area (Å²) < 4.78 is 0.914. The van der Waals surface area contributed by atoms with Crippen LogP contribution in [0.3, 0.4) is 0 Å². The predicted octanol–water partition coefficient (Wildman–Crippen LogP) is 2.19. The highest BCUT2D eigenvalue weighted by Crippen LogP contribution is 2.37. The molecule has 0 saturated carbocycles. The van der Waals surface area contributed by atoms with Gasteiger partial charge < -0.3 is 10.8 Å². The summed E-state index contributed by atoms with van der Waals surface area (Å²) in [7, 11) is 0. The van der Waals surface area contributed by atoms with Crippen LogP contribution in [0.1, 0.15) is 10.5 Å². The van der Waals surface area contributed by atoms with Crippen molar-refractivity contribution in [1.82, 2.24) is 15.4 Å². The number of phenols is 1. The normalized spacial score (nSPS) is 10.8. The summed E-state index contributed by atoms with van der Waals surface area (Å²) in [5.41, 5.74) is 5.93. The first-order valence-electron chi connectivity index (χ1n) is 5.70. The second-order valence-corrected chi connectivity index (χ2v) is 5.13. The van der Waals surface area contributed by atoms with Crippen molar-refractivity contribution in [2.75, 3.05) is 0 Å². The number of halogens is 1. The lowest BCUT2D eigenvalue weighted by Crippen LogP contribution is -2.12. The number of fused-ring (bicyclic) bond motifs is 1. The lowest BCUT2D eigenvalue weighted by molar-refractivity contribution is 0.0996. The number of nitrogens with zero attached hydrogens (tertiary/aromatic N) is 2. The number of phenolic OH excluding ortho intramolecular Hbond substituents is 1. The van der Waals surface area contributed by atoms with Crippen molar-refractivity contribution in [3.63, 3.8) is 0 Å². The van der Waals surface area contributed by atoms with Crippen LogP contribution in [-0.2, 0) is 0 Å². The molecule has 0 saturated heterocycles. The Labute approximate surface area is 121 Å². The van der Waals surface area contributed by atoms with Crippen LogP contribution in [0.15, 0.2) is 34.8 Å².